The van der Waals surface area contributed by atoms with Crippen LogP contribution in [-0.4, -0.2) is 21.2 Å². The molecule has 5 rings (SSSR count). The number of amides is 2. The van der Waals surface area contributed by atoms with E-state index in [1.807, 2.05) is 48.5 Å². The van der Waals surface area contributed by atoms with Crippen molar-refractivity contribution in [3.8, 4) is 22.3 Å². The number of pyridine rings is 1. The van der Waals surface area contributed by atoms with E-state index in [2.05, 4.69) is 15.2 Å². The number of nitrogens with two attached hydrogens (primary N) is 2. The van der Waals surface area contributed by atoms with E-state index in [1.54, 1.807) is 36.7 Å². The van der Waals surface area contributed by atoms with Gasteiger partial charge in [-0.2, -0.15) is 5.10 Å². The van der Waals surface area contributed by atoms with Crippen LogP contribution >= 0.6 is 11.6 Å². The fourth-order valence-electron chi connectivity index (χ4n) is 3.97. The number of nitrogen functional groups attached to an aromatic ring is 1. The van der Waals surface area contributed by atoms with Gasteiger partial charge < -0.3 is 11.5 Å². The van der Waals surface area contributed by atoms with E-state index in [0.717, 1.165) is 33.2 Å². The summed E-state index contributed by atoms with van der Waals surface area (Å²) in [4.78, 5) is 17.8. The fraction of sp³-hybridized carbons (Fsp3) is 0. The molecule has 7 nitrogen and oxygen atoms in total. The van der Waals surface area contributed by atoms with Gasteiger partial charge in [0.15, 0.2) is 5.82 Å². The largest absolute Gasteiger partial charge is 0.382 e. The summed E-state index contributed by atoms with van der Waals surface area (Å²) in [7, 11) is 0. The van der Waals surface area contributed by atoms with Crippen LogP contribution in [0.4, 0.5) is 22.0 Å². The lowest BCUT2D eigenvalue weighted by atomic mass is 9.96. The van der Waals surface area contributed by atoms with Crippen LogP contribution in [0.5, 0.6) is 0 Å². The molecule has 2 aromatic heterocycles. The van der Waals surface area contributed by atoms with Gasteiger partial charge in [-0.1, -0.05) is 48.0 Å². The third-order valence-corrected chi connectivity index (χ3v) is 5.68. The molecule has 0 aliphatic heterocycles. The van der Waals surface area contributed by atoms with Crippen LogP contribution in [0.25, 0.3) is 33.2 Å². The van der Waals surface area contributed by atoms with Crippen molar-refractivity contribution in [3.63, 3.8) is 0 Å². The maximum absolute atomic E-state index is 12.2. The molecule has 2 amide bonds. The van der Waals surface area contributed by atoms with Crippen LogP contribution < -0.4 is 16.4 Å². The minimum atomic E-state index is -0.604. The summed E-state index contributed by atoms with van der Waals surface area (Å²) in [5, 5.41) is 8.63. The van der Waals surface area contributed by atoms with E-state index in [0.29, 0.717) is 22.2 Å². The van der Waals surface area contributed by atoms with Crippen LogP contribution in [-0.2, 0) is 0 Å². The Hall–Kier alpha value is -4.36. The molecule has 0 fully saturated rings. The molecule has 5 aromatic rings. The van der Waals surface area contributed by atoms with Crippen LogP contribution in [0, 0.1) is 0 Å². The van der Waals surface area contributed by atoms with Gasteiger partial charge in [-0.05, 0) is 47.5 Å². The number of carbonyl (C=O) groups excluding carboxylic acids is 1. The average Bonchev–Trinajstić information content (AvgIpc) is 3.21. The van der Waals surface area contributed by atoms with Crippen LogP contribution in [0.2, 0.25) is 5.02 Å². The number of hydrogen-bond acceptors (Lipinski definition) is 4. The van der Waals surface area contributed by atoms with Gasteiger partial charge in [0.05, 0.1) is 22.3 Å². The number of carbonyl (C=O) groups is 1. The molecule has 0 saturated carbocycles. The number of urea groups is 1. The number of anilines is 3. The van der Waals surface area contributed by atoms with E-state index in [4.69, 9.17) is 23.1 Å². The lowest BCUT2D eigenvalue weighted by molar-refractivity contribution is 0.256. The van der Waals surface area contributed by atoms with E-state index in [1.165, 1.54) is 4.90 Å². The second kappa shape index (κ2) is 8.29. The molecule has 0 unspecified atom stereocenters. The molecule has 3 aromatic carbocycles. The summed E-state index contributed by atoms with van der Waals surface area (Å²) in [6.45, 7) is 0. The predicted molar refractivity (Wildman–Crippen MR) is 132 cm³/mol. The molecule has 0 aliphatic rings. The summed E-state index contributed by atoms with van der Waals surface area (Å²) < 4.78 is 0. The second-order valence-electron chi connectivity index (χ2n) is 7.46. The first kappa shape index (κ1) is 20.5. The van der Waals surface area contributed by atoms with Gasteiger partial charge in [0.2, 0.25) is 0 Å². The van der Waals surface area contributed by atoms with Gasteiger partial charge in [-0.25, -0.2) is 4.79 Å². The molecule has 0 spiro atoms. The number of aromatic nitrogens is 3. The predicted octanol–water partition coefficient (Wildman–Crippen LogP) is 5.74. The zero-order valence-electron chi connectivity index (χ0n) is 17.4. The fourth-order valence-corrected chi connectivity index (χ4v) is 4.15. The van der Waals surface area contributed by atoms with Crippen molar-refractivity contribution in [2.45, 2.75) is 0 Å². The van der Waals surface area contributed by atoms with E-state index in [9.17, 15) is 4.79 Å². The zero-order chi connectivity index (χ0) is 22.9. The average molecular weight is 455 g/mol. The lowest BCUT2D eigenvalue weighted by Crippen LogP contribution is -2.31. The summed E-state index contributed by atoms with van der Waals surface area (Å²) in [5.41, 5.74) is 17.7. The number of rotatable bonds is 4. The SMILES string of the molecule is NC(=O)N(c1ccc(-c2ccc(-c3cccnc3)c3[nH]nc(N)c23)cc1)c1cccc(Cl)c1. The first-order valence-electron chi connectivity index (χ1n) is 10.2. The van der Waals surface area contributed by atoms with Crippen molar-refractivity contribution in [3.05, 3.63) is 90.2 Å². The van der Waals surface area contributed by atoms with E-state index >= 15 is 0 Å². The molecule has 8 heteroatoms. The van der Waals surface area contributed by atoms with Gasteiger partial charge >= 0.3 is 6.03 Å². The highest BCUT2D eigenvalue weighted by molar-refractivity contribution is 6.31. The number of nitrogens with zero attached hydrogens (tertiary/aromatic N) is 3. The quantitative estimate of drug-likeness (QED) is 0.321. The van der Waals surface area contributed by atoms with Crippen LogP contribution in [0.15, 0.2) is 85.2 Å². The zero-order valence-corrected chi connectivity index (χ0v) is 18.1. The molecule has 0 radical (unpaired) electrons. The molecular formula is C25H19ClN6O. The third-order valence-electron chi connectivity index (χ3n) is 5.45. The van der Waals surface area contributed by atoms with Crippen molar-refractivity contribution in [2.24, 2.45) is 5.73 Å². The highest BCUT2D eigenvalue weighted by Crippen LogP contribution is 2.38. The van der Waals surface area contributed by atoms with Gasteiger partial charge in [0, 0.05) is 28.5 Å². The van der Waals surface area contributed by atoms with Crippen molar-refractivity contribution in [1.29, 1.82) is 0 Å². The topological polar surface area (TPSA) is 114 Å². The summed E-state index contributed by atoms with van der Waals surface area (Å²) in [5.74, 6) is 0.410. The molecule has 5 N–H and O–H groups in total. The lowest BCUT2D eigenvalue weighted by Gasteiger charge is -2.21. The number of nitrogens with one attached hydrogen (secondary N) is 1. The standard InChI is InChI=1S/C25H19ClN6O/c26-17-4-1-5-19(13-17)32(25(28)33)18-8-6-15(7-9-18)20-10-11-21(16-3-2-12-29-14-16)23-22(20)24(27)31-30-23/h1-14H,(H2,28,33)(H3,27,30,31). The molecular weight excluding hydrogens is 436 g/mol. The first-order chi connectivity index (χ1) is 16.0. The van der Waals surface area contributed by atoms with Crippen molar-refractivity contribution >= 4 is 45.7 Å². The molecule has 0 bridgehead atoms. The number of H-pyrrole nitrogens is 1. The number of aromatic amines is 1. The Morgan fingerprint density at radius 1 is 0.909 bits per heavy atom. The summed E-state index contributed by atoms with van der Waals surface area (Å²) in [6, 6.07) is 21.8. The highest BCUT2D eigenvalue weighted by atomic mass is 35.5. The number of fused-ring (bicyclic) bond motifs is 1. The molecule has 33 heavy (non-hydrogen) atoms. The van der Waals surface area contributed by atoms with Gasteiger partial charge in [0.25, 0.3) is 0 Å². The highest BCUT2D eigenvalue weighted by Gasteiger charge is 2.18. The van der Waals surface area contributed by atoms with Crippen molar-refractivity contribution in [2.75, 3.05) is 10.6 Å². The smallest absolute Gasteiger partial charge is 0.323 e. The Morgan fingerprint density at radius 3 is 2.39 bits per heavy atom. The number of halogens is 1. The minimum absolute atomic E-state index is 0.410. The normalized spacial score (nSPS) is 10.9. The number of benzene rings is 3. The molecule has 0 atom stereocenters. The summed E-state index contributed by atoms with van der Waals surface area (Å²) in [6.07, 6.45) is 3.53. The van der Waals surface area contributed by atoms with E-state index in [-0.39, 0.29) is 0 Å². The summed E-state index contributed by atoms with van der Waals surface area (Å²) >= 11 is 6.10. The van der Waals surface area contributed by atoms with Crippen molar-refractivity contribution in [1.82, 2.24) is 15.2 Å². The molecule has 0 saturated heterocycles. The first-order valence-corrected chi connectivity index (χ1v) is 10.5. The third kappa shape index (κ3) is 3.75. The Kier molecular flexibility index (Phi) is 5.16. The monoisotopic (exact) mass is 454 g/mol. The molecule has 2 heterocycles. The maximum Gasteiger partial charge on any atom is 0.323 e. The van der Waals surface area contributed by atoms with Crippen molar-refractivity contribution < 1.29 is 4.79 Å². The molecule has 0 aliphatic carbocycles. The van der Waals surface area contributed by atoms with E-state index < -0.39 is 6.03 Å². The van der Waals surface area contributed by atoms with Gasteiger partial charge in [-0.3, -0.25) is 15.0 Å². The Balaban J connectivity index is 1.58. The van der Waals surface area contributed by atoms with Crippen LogP contribution in [0.1, 0.15) is 0 Å². The second-order valence-corrected chi connectivity index (χ2v) is 7.90. The minimum Gasteiger partial charge on any atom is -0.382 e. The Bertz CT molecular complexity index is 1460. The Morgan fingerprint density at radius 2 is 1.70 bits per heavy atom. The number of primary amides is 1. The molecule has 162 valence electrons. The maximum atomic E-state index is 12.2. The number of hydrogen-bond donors (Lipinski definition) is 3. The van der Waals surface area contributed by atoms with Crippen LogP contribution in [0.3, 0.4) is 0 Å². The Labute approximate surface area is 194 Å². The van der Waals surface area contributed by atoms with Gasteiger partial charge in [-0.15, -0.1) is 0 Å². The van der Waals surface area contributed by atoms with Gasteiger partial charge in [0.1, 0.15) is 0 Å².